The van der Waals surface area contributed by atoms with Crippen molar-refractivity contribution in [3.8, 4) is 0 Å². The van der Waals surface area contributed by atoms with Crippen LogP contribution in [0.15, 0.2) is 18.2 Å². The molecule has 1 saturated heterocycles. The van der Waals surface area contributed by atoms with Crippen LogP contribution in [0.4, 0.5) is 13.2 Å². The van der Waals surface area contributed by atoms with Crippen LogP contribution in [0.5, 0.6) is 0 Å². The highest BCUT2D eigenvalue weighted by atomic mass is 35.5. The zero-order chi connectivity index (χ0) is 14.0. The SMILES string of the molecule is Cl.NC1CCN(Cc2cc(Cl)cc(C(F)(F)F)c2)CC1. The normalized spacial score (nSPS) is 17.9. The summed E-state index contributed by atoms with van der Waals surface area (Å²) in [4.78, 5) is 2.11. The first-order valence-electron chi connectivity index (χ1n) is 6.19. The Morgan fingerprint density at radius 2 is 1.80 bits per heavy atom. The van der Waals surface area contributed by atoms with E-state index in [1.54, 1.807) is 6.07 Å². The number of hydrogen-bond acceptors (Lipinski definition) is 2. The average molecular weight is 329 g/mol. The second-order valence-corrected chi connectivity index (χ2v) is 5.40. The van der Waals surface area contributed by atoms with Gasteiger partial charge in [0.1, 0.15) is 0 Å². The van der Waals surface area contributed by atoms with Crippen LogP contribution in [-0.2, 0) is 12.7 Å². The Kier molecular flexibility index (Phi) is 6.13. The Bertz CT molecular complexity index is 444. The van der Waals surface area contributed by atoms with Gasteiger partial charge in [-0.3, -0.25) is 4.90 Å². The number of alkyl halides is 3. The van der Waals surface area contributed by atoms with E-state index in [-0.39, 0.29) is 23.5 Å². The molecule has 2 nitrogen and oxygen atoms in total. The Labute approximate surface area is 127 Å². The third-order valence-electron chi connectivity index (χ3n) is 3.32. The molecule has 0 amide bonds. The number of nitrogens with two attached hydrogens (primary N) is 1. The first-order chi connectivity index (χ1) is 8.84. The highest BCUT2D eigenvalue weighted by Crippen LogP contribution is 2.32. The van der Waals surface area contributed by atoms with E-state index in [0.29, 0.717) is 12.1 Å². The van der Waals surface area contributed by atoms with Gasteiger partial charge in [-0.05, 0) is 49.7 Å². The van der Waals surface area contributed by atoms with Crippen LogP contribution >= 0.6 is 24.0 Å². The van der Waals surface area contributed by atoms with Crippen molar-refractivity contribution in [1.29, 1.82) is 0 Å². The van der Waals surface area contributed by atoms with Crippen molar-refractivity contribution < 1.29 is 13.2 Å². The summed E-state index contributed by atoms with van der Waals surface area (Å²) < 4.78 is 38.1. The Morgan fingerprint density at radius 1 is 1.20 bits per heavy atom. The van der Waals surface area contributed by atoms with Crippen LogP contribution < -0.4 is 5.73 Å². The van der Waals surface area contributed by atoms with E-state index in [9.17, 15) is 13.2 Å². The predicted molar refractivity (Wildman–Crippen MR) is 76.2 cm³/mol. The van der Waals surface area contributed by atoms with Crippen LogP contribution in [0, 0.1) is 0 Å². The molecule has 0 atom stereocenters. The lowest BCUT2D eigenvalue weighted by molar-refractivity contribution is -0.137. The van der Waals surface area contributed by atoms with E-state index in [0.717, 1.165) is 32.0 Å². The quantitative estimate of drug-likeness (QED) is 0.896. The van der Waals surface area contributed by atoms with Gasteiger partial charge in [-0.15, -0.1) is 12.4 Å². The van der Waals surface area contributed by atoms with Gasteiger partial charge >= 0.3 is 6.18 Å². The summed E-state index contributed by atoms with van der Waals surface area (Å²) >= 11 is 5.76. The van der Waals surface area contributed by atoms with Crippen molar-refractivity contribution in [3.05, 3.63) is 34.3 Å². The summed E-state index contributed by atoms with van der Waals surface area (Å²) in [5, 5.41) is 0.124. The summed E-state index contributed by atoms with van der Waals surface area (Å²) in [7, 11) is 0. The molecule has 0 unspecified atom stereocenters. The number of benzene rings is 1. The molecule has 0 radical (unpaired) electrons. The fourth-order valence-electron chi connectivity index (χ4n) is 2.27. The van der Waals surface area contributed by atoms with E-state index in [1.807, 2.05) is 0 Å². The lowest BCUT2D eigenvalue weighted by atomic mass is 10.0. The number of rotatable bonds is 2. The van der Waals surface area contributed by atoms with Gasteiger partial charge in [-0.2, -0.15) is 13.2 Å². The molecule has 114 valence electrons. The van der Waals surface area contributed by atoms with E-state index >= 15 is 0 Å². The molecule has 1 aliphatic heterocycles. The van der Waals surface area contributed by atoms with Crippen LogP contribution in [0.1, 0.15) is 24.0 Å². The summed E-state index contributed by atoms with van der Waals surface area (Å²) in [6.07, 6.45) is -2.59. The molecule has 0 aromatic heterocycles. The monoisotopic (exact) mass is 328 g/mol. The number of halogens is 5. The number of hydrogen-bond donors (Lipinski definition) is 1. The second kappa shape index (κ2) is 6.98. The van der Waals surface area contributed by atoms with E-state index in [4.69, 9.17) is 17.3 Å². The Balaban J connectivity index is 0.00000200. The molecular formula is C13H17Cl2F3N2. The summed E-state index contributed by atoms with van der Waals surface area (Å²) in [5.41, 5.74) is 5.70. The lowest BCUT2D eigenvalue weighted by Crippen LogP contribution is -2.39. The lowest BCUT2D eigenvalue weighted by Gasteiger charge is -2.30. The highest BCUT2D eigenvalue weighted by Gasteiger charge is 2.31. The minimum Gasteiger partial charge on any atom is -0.328 e. The van der Waals surface area contributed by atoms with Gasteiger partial charge in [0.2, 0.25) is 0 Å². The molecule has 0 saturated carbocycles. The van der Waals surface area contributed by atoms with Crippen molar-refractivity contribution in [2.45, 2.75) is 31.6 Å². The standard InChI is InChI=1S/C13H16ClF3N2.ClH/c14-11-6-9(5-10(7-11)13(15,16)17)8-19-3-1-12(18)2-4-19;/h5-7,12H,1-4,8,18H2;1H. The third-order valence-corrected chi connectivity index (χ3v) is 3.54. The van der Waals surface area contributed by atoms with E-state index in [2.05, 4.69) is 4.90 Å². The van der Waals surface area contributed by atoms with Crippen molar-refractivity contribution >= 4 is 24.0 Å². The fourth-order valence-corrected chi connectivity index (χ4v) is 2.53. The largest absolute Gasteiger partial charge is 0.416 e. The summed E-state index contributed by atoms with van der Waals surface area (Å²) in [5.74, 6) is 0. The molecule has 1 aromatic carbocycles. The maximum atomic E-state index is 12.7. The van der Waals surface area contributed by atoms with Crippen molar-refractivity contribution in [1.82, 2.24) is 4.90 Å². The van der Waals surface area contributed by atoms with E-state index < -0.39 is 11.7 Å². The zero-order valence-electron chi connectivity index (χ0n) is 10.8. The number of piperidine rings is 1. The van der Waals surface area contributed by atoms with Crippen molar-refractivity contribution in [2.24, 2.45) is 5.73 Å². The van der Waals surface area contributed by atoms with Gasteiger partial charge in [0.25, 0.3) is 0 Å². The molecule has 2 rings (SSSR count). The molecule has 0 spiro atoms. The van der Waals surface area contributed by atoms with Gasteiger partial charge in [-0.25, -0.2) is 0 Å². The highest BCUT2D eigenvalue weighted by molar-refractivity contribution is 6.30. The summed E-state index contributed by atoms with van der Waals surface area (Å²) in [6, 6.07) is 3.92. The average Bonchev–Trinajstić information content (AvgIpc) is 2.30. The molecule has 0 aliphatic carbocycles. The topological polar surface area (TPSA) is 29.3 Å². The van der Waals surface area contributed by atoms with Gasteiger partial charge < -0.3 is 5.73 Å². The van der Waals surface area contributed by atoms with E-state index in [1.165, 1.54) is 6.07 Å². The van der Waals surface area contributed by atoms with Gasteiger partial charge in [0, 0.05) is 17.6 Å². The minimum absolute atomic E-state index is 0. The summed E-state index contributed by atoms with van der Waals surface area (Å²) in [6.45, 7) is 2.11. The molecule has 0 bridgehead atoms. The van der Waals surface area contributed by atoms with Crippen LogP contribution in [0.3, 0.4) is 0 Å². The van der Waals surface area contributed by atoms with Gasteiger partial charge in [0.15, 0.2) is 0 Å². The molecule has 1 fully saturated rings. The maximum absolute atomic E-state index is 12.7. The Morgan fingerprint density at radius 3 is 2.35 bits per heavy atom. The van der Waals surface area contributed by atoms with Crippen LogP contribution in [0.25, 0.3) is 0 Å². The van der Waals surface area contributed by atoms with Gasteiger partial charge in [-0.1, -0.05) is 11.6 Å². The predicted octanol–water partition coefficient (Wildman–Crippen LogP) is 3.70. The van der Waals surface area contributed by atoms with Crippen LogP contribution in [-0.4, -0.2) is 24.0 Å². The molecule has 7 heteroatoms. The Hall–Kier alpha value is -0.490. The molecule has 1 aromatic rings. The first kappa shape index (κ1) is 17.6. The molecular weight excluding hydrogens is 312 g/mol. The third kappa shape index (κ3) is 4.81. The zero-order valence-corrected chi connectivity index (χ0v) is 12.4. The maximum Gasteiger partial charge on any atom is 0.416 e. The molecule has 1 aliphatic rings. The number of likely N-dealkylation sites (tertiary alicyclic amines) is 1. The van der Waals surface area contributed by atoms with Crippen LogP contribution in [0.2, 0.25) is 5.02 Å². The minimum atomic E-state index is -4.36. The van der Waals surface area contributed by atoms with Gasteiger partial charge in [0.05, 0.1) is 5.56 Å². The molecule has 20 heavy (non-hydrogen) atoms. The molecule has 1 heterocycles. The second-order valence-electron chi connectivity index (χ2n) is 4.96. The van der Waals surface area contributed by atoms with Crippen molar-refractivity contribution in [3.63, 3.8) is 0 Å². The number of nitrogens with zero attached hydrogens (tertiary/aromatic N) is 1. The first-order valence-corrected chi connectivity index (χ1v) is 6.57. The van der Waals surface area contributed by atoms with Crippen molar-refractivity contribution in [2.75, 3.05) is 13.1 Å². The fraction of sp³-hybridized carbons (Fsp3) is 0.538. The molecule has 2 N–H and O–H groups in total. The smallest absolute Gasteiger partial charge is 0.328 e.